The van der Waals surface area contributed by atoms with Gasteiger partial charge in [-0.2, -0.15) is 0 Å². The fourth-order valence-electron chi connectivity index (χ4n) is 4.10. The molecule has 1 saturated heterocycles. The quantitative estimate of drug-likeness (QED) is 0.750. The molecule has 0 spiro atoms. The maximum atomic E-state index is 6.32. The standard InChI is InChI=1S/C20H22Cl2N2O.ClH/c21-17-12-16-15-6-8-23-9-7-19(15)24(20(16)13-18(17)22)10-11-25-14-4-2-1-3-5-14;/h1-5,12-13,15,19,23H,6-11H2;1H/t15-,19-;/m0./s1. The summed E-state index contributed by atoms with van der Waals surface area (Å²) in [5.74, 6) is 1.42. The Balaban J connectivity index is 0.00000196. The van der Waals surface area contributed by atoms with Crippen LogP contribution in [0.5, 0.6) is 5.75 Å². The van der Waals surface area contributed by atoms with Crippen molar-refractivity contribution in [1.82, 2.24) is 5.32 Å². The van der Waals surface area contributed by atoms with Crippen LogP contribution in [0.4, 0.5) is 5.69 Å². The number of para-hydroxylation sites is 1. The molecule has 4 rings (SSSR count). The predicted octanol–water partition coefficient (Wildman–Crippen LogP) is 5.15. The van der Waals surface area contributed by atoms with E-state index in [0.717, 1.165) is 38.2 Å². The van der Waals surface area contributed by atoms with Gasteiger partial charge in [0.1, 0.15) is 12.4 Å². The number of ether oxygens (including phenoxy) is 1. The highest BCUT2D eigenvalue weighted by Gasteiger charge is 2.39. The van der Waals surface area contributed by atoms with E-state index < -0.39 is 0 Å². The lowest BCUT2D eigenvalue weighted by atomic mass is 9.91. The molecule has 2 aliphatic heterocycles. The van der Waals surface area contributed by atoms with Crippen molar-refractivity contribution in [3.8, 4) is 5.75 Å². The van der Waals surface area contributed by atoms with Crippen molar-refractivity contribution in [3.05, 3.63) is 58.1 Å². The molecule has 2 aromatic carbocycles. The summed E-state index contributed by atoms with van der Waals surface area (Å²) in [5.41, 5.74) is 2.56. The van der Waals surface area contributed by atoms with Gasteiger partial charge in [-0.1, -0.05) is 41.4 Å². The summed E-state index contributed by atoms with van der Waals surface area (Å²) in [6, 6.07) is 14.6. The number of anilines is 1. The molecular formula is C20H23Cl3N2O. The van der Waals surface area contributed by atoms with Crippen molar-refractivity contribution in [1.29, 1.82) is 0 Å². The van der Waals surface area contributed by atoms with Crippen molar-refractivity contribution >= 4 is 41.3 Å². The Morgan fingerprint density at radius 2 is 1.77 bits per heavy atom. The predicted molar refractivity (Wildman–Crippen MR) is 112 cm³/mol. The number of benzene rings is 2. The smallest absolute Gasteiger partial charge is 0.119 e. The van der Waals surface area contributed by atoms with Gasteiger partial charge in [0.2, 0.25) is 0 Å². The highest BCUT2D eigenvalue weighted by atomic mass is 35.5. The molecule has 0 amide bonds. The van der Waals surface area contributed by atoms with Gasteiger partial charge in [0.15, 0.2) is 0 Å². The Morgan fingerprint density at radius 3 is 2.58 bits per heavy atom. The maximum Gasteiger partial charge on any atom is 0.119 e. The lowest BCUT2D eigenvalue weighted by Gasteiger charge is -2.29. The summed E-state index contributed by atoms with van der Waals surface area (Å²) >= 11 is 12.6. The molecule has 0 radical (unpaired) electrons. The number of halogens is 3. The first-order valence-electron chi connectivity index (χ1n) is 8.88. The monoisotopic (exact) mass is 412 g/mol. The molecule has 2 atom stereocenters. The third-order valence-corrected chi connectivity index (χ3v) is 5.96. The molecule has 0 bridgehead atoms. The van der Waals surface area contributed by atoms with Crippen LogP contribution in [-0.2, 0) is 0 Å². The van der Waals surface area contributed by atoms with Gasteiger partial charge >= 0.3 is 0 Å². The lowest BCUT2D eigenvalue weighted by molar-refractivity contribution is 0.317. The SMILES string of the molecule is Cl.Clc1cc2c(cc1Cl)N(CCOc1ccccc1)[C@H]1CCNCC[C@@H]21. The van der Waals surface area contributed by atoms with Gasteiger partial charge in [-0.25, -0.2) is 0 Å². The zero-order chi connectivity index (χ0) is 17.2. The van der Waals surface area contributed by atoms with Crippen LogP contribution in [0, 0.1) is 0 Å². The van der Waals surface area contributed by atoms with Gasteiger partial charge in [-0.15, -0.1) is 12.4 Å². The second kappa shape index (κ2) is 8.71. The number of fused-ring (bicyclic) bond motifs is 3. The number of nitrogens with zero attached hydrogens (tertiary/aromatic N) is 1. The number of rotatable bonds is 4. The fourth-order valence-corrected chi connectivity index (χ4v) is 4.43. The summed E-state index contributed by atoms with van der Waals surface area (Å²) in [6.45, 7) is 3.60. The van der Waals surface area contributed by atoms with Crippen molar-refractivity contribution < 1.29 is 4.74 Å². The molecule has 0 saturated carbocycles. The van der Waals surface area contributed by atoms with Crippen LogP contribution < -0.4 is 15.0 Å². The van der Waals surface area contributed by atoms with Crippen LogP contribution in [0.1, 0.15) is 24.3 Å². The van der Waals surface area contributed by atoms with Crippen molar-refractivity contribution in [3.63, 3.8) is 0 Å². The van der Waals surface area contributed by atoms with Crippen LogP contribution in [0.25, 0.3) is 0 Å². The van der Waals surface area contributed by atoms with Gasteiger partial charge < -0.3 is 15.0 Å². The van der Waals surface area contributed by atoms with Crippen molar-refractivity contribution in [2.45, 2.75) is 24.8 Å². The van der Waals surface area contributed by atoms with Crippen molar-refractivity contribution in [2.24, 2.45) is 0 Å². The van der Waals surface area contributed by atoms with E-state index in [1.165, 1.54) is 11.3 Å². The largest absolute Gasteiger partial charge is 0.492 e. The van der Waals surface area contributed by atoms with Crippen LogP contribution >= 0.6 is 35.6 Å². The first-order valence-corrected chi connectivity index (χ1v) is 9.64. The van der Waals surface area contributed by atoms with Crippen LogP contribution in [0.2, 0.25) is 10.0 Å². The van der Waals surface area contributed by atoms with Crippen LogP contribution in [0.15, 0.2) is 42.5 Å². The van der Waals surface area contributed by atoms with Gasteiger partial charge in [0.05, 0.1) is 16.6 Å². The minimum absolute atomic E-state index is 0. The van der Waals surface area contributed by atoms with Gasteiger partial charge in [-0.05, 0) is 55.8 Å². The second-order valence-electron chi connectivity index (χ2n) is 6.68. The van der Waals surface area contributed by atoms with E-state index in [9.17, 15) is 0 Å². The summed E-state index contributed by atoms with van der Waals surface area (Å²) in [4.78, 5) is 2.47. The molecule has 2 aliphatic rings. The Morgan fingerprint density at radius 1 is 1.04 bits per heavy atom. The molecule has 2 heterocycles. The molecule has 0 aromatic heterocycles. The third kappa shape index (κ3) is 3.91. The average Bonchev–Trinajstić information content (AvgIpc) is 2.79. The number of hydrogen-bond donors (Lipinski definition) is 1. The highest BCUT2D eigenvalue weighted by molar-refractivity contribution is 6.42. The van der Waals surface area contributed by atoms with Crippen LogP contribution in [0.3, 0.4) is 0 Å². The first-order chi connectivity index (χ1) is 12.2. The van der Waals surface area contributed by atoms with E-state index in [0.29, 0.717) is 28.6 Å². The Bertz CT molecular complexity index is 741. The molecule has 26 heavy (non-hydrogen) atoms. The average molecular weight is 414 g/mol. The fraction of sp³-hybridized carbons (Fsp3) is 0.400. The van der Waals surface area contributed by atoms with Gasteiger partial charge in [0.25, 0.3) is 0 Å². The number of hydrogen-bond acceptors (Lipinski definition) is 3. The van der Waals surface area contributed by atoms with E-state index in [1.54, 1.807) is 0 Å². The van der Waals surface area contributed by atoms with E-state index in [-0.39, 0.29) is 12.4 Å². The molecule has 0 aliphatic carbocycles. The minimum atomic E-state index is 0. The first kappa shape index (κ1) is 19.6. The summed E-state index contributed by atoms with van der Waals surface area (Å²) in [6.07, 6.45) is 2.26. The van der Waals surface area contributed by atoms with Gasteiger partial charge in [-0.3, -0.25) is 0 Å². The summed E-state index contributed by atoms with van der Waals surface area (Å²) in [7, 11) is 0. The van der Waals surface area contributed by atoms with E-state index in [2.05, 4.69) is 16.3 Å². The second-order valence-corrected chi connectivity index (χ2v) is 7.50. The maximum absolute atomic E-state index is 6.32. The molecular weight excluding hydrogens is 391 g/mol. The Labute approximate surface area is 171 Å². The minimum Gasteiger partial charge on any atom is -0.492 e. The van der Waals surface area contributed by atoms with E-state index >= 15 is 0 Å². The van der Waals surface area contributed by atoms with Crippen molar-refractivity contribution in [2.75, 3.05) is 31.1 Å². The zero-order valence-corrected chi connectivity index (χ0v) is 16.8. The molecule has 3 nitrogen and oxygen atoms in total. The molecule has 140 valence electrons. The Kier molecular flexibility index (Phi) is 6.57. The lowest BCUT2D eigenvalue weighted by Crippen LogP contribution is -2.37. The topological polar surface area (TPSA) is 24.5 Å². The van der Waals surface area contributed by atoms with Crippen LogP contribution in [-0.4, -0.2) is 32.3 Å². The van der Waals surface area contributed by atoms with E-state index in [4.69, 9.17) is 27.9 Å². The third-order valence-electron chi connectivity index (χ3n) is 5.24. The summed E-state index contributed by atoms with van der Waals surface area (Å²) < 4.78 is 5.93. The Hall–Kier alpha value is -1.13. The molecule has 6 heteroatoms. The highest BCUT2D eigenvalue weighted by Crippen LogP contribution is 2.47. The van der Waals surface area contributed by atoms with E-state index in [1.807, 2.05) is 36.4 Å². The normalized spacial score (nSPS) is 21.4. The molecule has 0 unspecified atom stereocenters. The molecule has 1 fully saturated rings. The molecule has 2 aromatic rings. The summed E-state index contributed by atoms with van der Waals surface area (Å²) in [5, 5.41) is 4.80. The number of nitrogens with one attached hydrogen (secondary N) is 1. The molecule has 1 N–H and O–H groups in total. The van der Waals surface area contributed by atoms with Gasteiger partial charge in [0, 0.05) is 17.6 Å². The zero-order valence-electron chi connectivity index (χ0n) is 14.5.